The topological polar surface area (TPSA) is 56.1 Å². The average molecular weight is 345 g/mol. The maximum atomic E-state index is 13.2. The van der Waals surface area contributed by atoms with E-state index in [-0.39, 0.29) is 12.1 Å². The molecule has 5 heteroatoms. The van der Waals surface area contributed by atoms with Gasteiger partial charge < -0.3 is 5.32 Å². The highest BCUT2D eigenvalue weighted by Gasteiger charge is 2.34. The van der Waals surface area contributed by atoms with Crippen molar-refractivity contribution in [3.05, 3.63) is 81.5 Å². The molecule has 122 valence electrons. The minimum atomic E-state index is -0.269. The number of nitrogens with one attached hydrogen (secondary N) is 1. The van der Waals surface area contributed by atoms with Crippen LogP contribution >= 0.6 is 11.3 Å². The molecule has 2 heterocycles. The highest BCUT2D eigenvalue weighted by Crippen LogP contribution is 2.38. The molecule has 0 saturated carbocycles. The van der Waals surface area contributed by atoms with Crippen LogP contribution in [0.3, 0.4) is 0 Å². The third-order valence-corrected chi connectivity index (χ3v) is 5.29. The fraction of sp³-hybridized carbons (Fsp3) is 0.100. The molecule has 1 amide bonds. The molecule has 1 atom stereocenters. The summed E-state index contributed by atoms with van der Waals surface area (Å²) in [5.41, 5.74) is 2.83. The van der Waals surface area contributed by atoms with E-state index in [1.807, 2.05) is 36.4 Å². The number of hydrogen-bond donors (Lipinski definition) is 1. The smallest absolute Gasteiger partial charge is 0.262 e. The summed E-state index contributed by atoms with van der Waals surface area (Å²) >= 11 is 1.67. The van der Waals surface area contributed by atoms with Crippen molar-refractivity contribution < 1.29 is 4.79 Å². The Kier molecular flexibility index (Phi) is 3.75. The number of fused-ring (bicyclic) bond motifs is 1. The Morgan fingerprint density at radius 1 is 1.08 bits per heavy atom. The molecule has 1 aliphatic rings. The van der Waals surface area contributed by atoms with Crippen LogP contribution in [0.4, 0.5) is 11.4 Å². The Morgan fingerprint density at radius 3 is 2.52 bits per heavy atom. The molecule has 0 saturated heterocycles. The first kappa shape index (κ1) is 15.4. The number of hydrogen-bond acceptors (Lipinski definition) is 4. The predicted molar refractivity (Wildman–Crippen MR) is 99.8 cm³/mol. The van der Waals surface area contributed by atoms with E-state index in [0.29, 0.717) is 11.1 Å². The van der Waals surface area contributed by atoms with Crippen LogP contribution in [0.1, 0.15) is 31.8 Å². The number of amides is 1. The first-order valence-electron chi connectivity index (χ1n) is 7.93. The second-order valence-electron chi connectivity index (χ2n) is 5.87. The lowest BCUT2D eigenvalue weighted by molar-refractivity contribution is 0.0975. The number of benzene rings is 2. The van der Waals surface area contributed by atoms with Crippen LogP contribution in [0.15, 0.2) is 60.7 Å². The van der Waals surface area contributed by atoms with Crippen molar-refractivity contribution in [1.82, 2.24) is 0 Å². The molecule has 4 rings (SSSR count). The van der Waals surface area contributed by atoms with Crippen molar-refractivity contribution in [2.75, 3.05) is 10.2 Å². The van der Waals surface area contributed by atoms with Gasteiger partial charge in [0.25, 0.3) is 5.91 Å². The molecule has 25 heavy (non-hydrogen) atoms. The first-order chi connectivity index (χ1) is 12.2. The molecule has 0 aliphatic carbocycles. The Hall–Kier alpha value is -3.10. The van der Waals surface area contributed by atoms with Gasteiger partial charge in [0.15, 0.2) is 0 Å². The Labute approximate surface area is 150 Å². The van der Waals surface area contributed by atoms with Crippen molar-refractivity contribution >= 4 is 28.6 Å². The lowest BCUT2D eigenvalue weighted by Gasteiger charge is -2.37. The zero-order valence-electron chi connectivity index (χ0n) is 13.6. The number of nitrogens with zero attached hydrogens (tertiary/aromatic N) is 2. The monoisotopic (exact) mass is 345 g/mol. The maximum Gasteiger partial charge on any atom is 0.262 e. The molecule has 0 fully saturated rings. The molecule has 1 unspecified atom stereocenters. The van der Waals surface area contributed by atoms with Crippen LogP contribution in [0.5, 0.6) is 0 Å². The number of carbonyl (C=O) groups excluding carboxylic acids is 1. The van der Waals surface area contributed by atoms with Crippen LogP contribution in [-0.4, -0.2) is 5.91 Å². The van der Waals surface area contributed by atoms with E-state index in [0.717, 1.165) is 16.3 Å². The van der Waals surface area contributed by atoms with Crippen molar-refractivity contribution in [3.8, 4) is 6.07 Å². The summed E-state index contributed by atoms with van der Waals surface area (Å²) in [5.74, 6) is -0.0462. The summed E-state index contributed by atoms with van der Waals surface area (Å²) in [4.78, 5) is 17.2. The van der Waals surface area contributed by atoms with Gasteiger partial charge in [0.05, 0.1) is 17.2 Å². The summed E-state index contributed by atoms with van der Waals surface area (Å²) in [6.07, 6.45) is -0.269. The van der Waals surface area contributed by atoms with E-state index in [1.165, 1.54) is 4.88 Å². The molecule has 2 aromatic carbocycles. The van der Waals surface area contributed by atoms with Crippen molar-refractivity contribution in [3.63, 3.8) is 0 Å². The highest BCUT2D eigenvalue weighted by molar-refractivity contribution is 7.12. The molecular weight excluding hydrogens is 330 g/mol. The summed E-state index contributed by atoms with van der Waals surface area (Å²) < 4.78 is 0. The number of anilines is 2. The van der Waals surface area contributed by atoms with Gasteiger partial charge in [0.2, 0.25) is 0 Å². The van der Waals surface area contributed by atoms with E-state index >= 15 is 0 Å². The van der Waals surface area contributed by atoms with Crippen LogP contribution < -0.4 is 10.2 Å². The molecule has 1 aromatic heterocycles. The average Bonchev–Trinajstić information content (AvgIpc) is 3.08. The highest BCUT2D eigenvalue weighted by atomic mass is 32.1. The van der Waals surface area contributed by atoms with E-state index in [9.17, 15) is 4.79 Å². The van der Waals surface area contributed by atoms with Gasteiger partial charge in [-0.2, -0.15) is 5.26 Å². The van der Waals surface area contributed by atoms with Crippen LogP contribution in [0, 0.1) is 18.3 Å². The minimum Gasteiger partial charge on any atom is -0.360 e. The summed E-state index contributed by atoms with van der Waals surface area (Å²) in [6.45, 7) is 2.05. The number of thiophene rings is 1. The zero-order valence-corrected chi connectivity index (χ0v) is 14.4. The quantitative estimate of drug-likeness (QED) is 0.732. The predicted octanol–water partition coefficient (Wildman–Crippen LogP) is 4.70. The van der Waals surface area contributed by atoms with Crippen molar-refractivity contribution in [2.45, 2.75) is 13.1 Å². The third kappa shape index (κ3) is 2.67. The Balaban J connectivity index is 1.84. The summed E-state index contributed by atoms with van der Waals surface area (Å²) in [6, 6.07) is 20.9. The van der Waals surface area contributed by atoms with Gasteiger partial charge in [-0.05, 0) is 55.5 Å². The maximum absolute atomic E-state index is 13.2. The molecule has 0 bridgehead atoms. The van der Waals surface area contributed by atoms with Gasteiger partial charge >= 0.3 is 0 Å². The van der Waals surface area contributed by atoms with Crippen LogP contribution in [-0.2, 0) is 0 Å². The Morgan fingerprint density at radius 2 is 1.84 bits per heavy atom. The van der Waals surface area contributed by atoms with Gasteiger partial charge in [0.1, 0.15) is 6.17 Å². The molecule has 1 aliphatic heterocycles. The number of nitriles is 1. The van der Waals surface area contributed by atoms with Crippen molar-refractivity contribution in [1.29, 1.82) is 5.26 Å². The van der Waals surface area contributed by atoms with E-state index < -0.39 is 0 Å². The standard InChI is InChI=1S/C20H15N3OS/c1-13-6-11-18(25-13)19-22-17-5-3-2-4-16(17)20(24)23(19)15-9-7-14(12-21)8-10-15/h2-11,19,22H,1H3. The van der Waals surface area contributed by atoms with Gasteiger partial charge in [0, 0.05) is 21.1 Å². The van der Waals surface area contributed by atoms with E-state index in [1.54, 1.807) is 28.4 Å². The van der Waals surface area contributed by atoms with Crippen LogP contribution in [0.2, 0.25) is 0 Å². The van der Waals surface area contributed by atoms with Crippen molar-refractivity contribution in [2.24, 2.45) is 0 Å². The molecule has 3 aromatic rings. The number of aryl methyl sites for hydroxylation is 1. The van der Waals surface area contributed by atoms with E-state index in [4.69, 9.17) is 5.26 Å². The first-order valence-corrected chi connectivity index (χ1v) is 8.74. The van der Waals surface area contributed by atoms with Gasteiger partial charge in [-0.1, -0.05) is 12.1 Å². The number of para-hydroxylation sites is 1. The molecule has 4 nitrogen and oxygen atoms in total. The molecule has 0 radical (unpaired) electrons. The Bertz CT molecular complexity index is 985. The summed E-state index contributed by atoms with van der Waals surface area (Å²) in [7, 11) is 0. The second kappa shape index (κ2) is 6.08. The van der Waals surface area contributed by atoms with E-state index in [2.05, 4.69) is 30.4 Å². The summed E-state index contributed by atoms with van der Waals surface area (Å²) in [5, 5.41) is 12.5. The molecular formula is C20H15N3OS. The third-order valence-electron chi connectivity index (χ3n) is 4.23. The fourth-order valence-corrected chi connectivity index (χ4v) is 3.94. The number of carbonyl (C=O) groups is 1. The second-order valence-corrected chi connectivity index (χ2v) is 7.19. The normalized spacial score (nSPS) is 16.1. The van der Waals surface area contributed by atoms with Crippen LogP contribution in [0.25, 0.3) is 0 Å². The SMILES string of the molecule is Cc1ccc(C2Nc3ccccc3C(=O)N2c2ccc(C#N)cc2)s1. The van der Waals surface area contributed by atoms with Gasteiger partial charge in [-0.3, -0.25) is 9.69 Å². The largest absolute Gasteiger partial charge is 0.360 e. The van der Waals surface area contributed by atoms with Gasteiger partial charge in [-0.25, -0.2) is 0 Å². The number of rotatable bonds is 2. The minimum absolute atomic E-state index is 0.0462. The molecule has 1 N–H and O–H groups in total. The lowest BCUT2D eigenvalue weighted by atomic mass is 10.1. The lowest BCUT2D eigenvalue weighted by Crippen LogP contribution is -2.42. The fourth-order valence-electron chi connectivity index (χ4n) is 3.02. The zero-order chi connectivity index (χ0) is 17.4. The molecule has 0 spiro atoms. The van der Waals surface area contributed by atoms with Gasteiger partial charge in [-0.15, -0.1) is 11.3 Å².